The van der Waals surface area contributed by atoms with Gasteiger partial charge in [-0.3, -0.25) is 9.59 Å². The Labute approximate surface area is 195 Å². The summed E-state index contributed by atoms with van der Waals surface area (Å²) in [5.41, 5.74) is 5.29. The van der Waals surface area contributed by atoms with Crippen LogP contribution < -0.4 is 5.32 Å². The molecular weight excluding hydrogens is 428 g/mol. The fraction of sp³-hybridized carbons (Fsp3) is 0.111. The first kappa shape index (κ1) is 21.3. The van der Waals surface area contributed by atoms with Crippen LogP contribution in [-0.2, 0) is 17.8 Å². The van der Waals surface area contributed by atoms with Crippen LogP contribution in [0.2, 0.25) is 0 Å². The normalized spacial score (nSPS) is 12.4. The number of para-hydroxylation sites is 2. The zero-order valence-corrected chi connectivity index (χ0v) is 18.1. The number of carbonyl (C=O) groups excluding carboxylic acids is 2. The van der Waals surface area contributed by atoms with Crippen molar-refractivity contribution in [2.75, 3.05) is 5.32 Å². The lowest BCUT2D eigenvalue weighted by Crippen LogP contribution is -2.29. The summed E-state index contributed by atoms with van der Waals surface area (Å²) < 4.78 is 1.68. The first-order chi connectivity index (χ1) is 16.6. The quantitative estimate of drug-likeness (QED) is 0.303. The van der Waals surface area contributed by atoms with E-state index in [9.17, 15) is 20.0 Å². The number of aromatic nitrogens is 2. The third-order valence-corrected chi connectivity index (χ3v) is 5.96. The number of aliphatic hydroxyl groups is 1. The van der Waals surface area contributed by atoms with Crippen LogP contribution in [0, 0.1) is 17.2 Å². The number of nitrogens with zero attached hydrogens (tertiary/aromatic N) is 3. The fourth-order valence-corrected chi connectivity index (χ4v) is 4.35. The Morgan fingerprint density at radius 1 is 1.00 bits per heavy atom. The van der Waals surface area contributed by atoms with Crippen molar-refractivity contribution >= 4 is 17.4 Å². The minimum Gasteiger partial charge on any atom is -0.392 e. The van der Waals surface area contributed by atoms with E-state index in [1.165, 1.54) is 0 Å². The van der Waals surface area contributed by atoms with Gasteiger partial charge in [0, 0.05) is 23.2 Å². The molecule has 1 heterocycles. The van der Waals surface area contributed by atoms with Crippen LogP contribution in [0.1, 0.15) is 27.2 Å². The van der Waals surface area contributed by atoms with Gasteiger partial charge >= 0.3 is 0 Å². The number of anilines is 1. The summed E-state index contributed by atoms with van der Waals surface area (Å²) in [5, 5.41) is 26.8. The maximum atomic E-state index is 13.5. The van der Waals surface area contributed by atoms with E-state index in [0.29, 0.717) is 17.7 Å². The Kier molecular flexibility index (Phi) is 5.50. The predicted octanol–water partition coefficient (Wildman–Crippen LogP) is 3.90. The summed E-state index contributed by atoms with van der Waals surface area (Å²) >= 11 is 0. The van der Waals surface area contributed by atoms with Gasteiger partial charge in [-0.15, -0.1) is 0 Å². The molecule has 0 fully saturated rings. The maximum Gasteiger partial charge on any atom is 0.249 e. The van der Waals surface area contributed by atoms with Gasteiger partial charge in [0.1, 0.15) is 5.69 Å². The number of Topliss-reactive ketones (excluding diaryl/α,β-unsaturated/α-hetero) is 1. The Balaban J connectivity index is 1.59. The minimum absolute atomic E-state index is 0.0914. The van der Waals surface area contributed by atoms with E-state index in [0.717, 1.165) is 28.1 Å². The van der Waals surface area contributed by atoms with Crippen LogP contribution in [0.5, 0.6) is 0 Å². The molecule has 4 aromatic rings. The molecule has 0 spiro atoms. The van der Waals surface area contributed by atoms with Crippen molar-refractivity contribution in [1.29, 1.82) is 5.26 Å². The number of amides is 1. The van der Waals surface area contributed by atoms with Crippen molar-refractivity contribution in [2.45, 2.75) is 13.0 Å². The molecule has 0 aliphatic heterocycles. The maximum absolute atomic E-state index is 13.5. The SMILES string of the molecule is N#CC(C(=O)Nc1ccccc1)C(=O)c1nn(-c2ccccc2)c2c1Cc1c(CO)cccc1-2. The molecule has 0 bridgehead atoms. The lowest BCUT2D eigenvalue weighted by molar-refractivity contribution is -0.117. The lowest BCUT2D eigenvalue weighted by atomic mass is 9.98. The molecule has 1 unspecified atom stereocenters. The molecule has 1 aliphatic rings. The molecule has 0 saturated carbocycles. The largest absolute Gasteiger partial charge is 0.392 e. The number of fused-ring (bicyclic) bond motifs is 3. The monoisotopic (exact) mass is 448 g/mol. The van der Waals surface area contributed by atoms with Gasteiger partial charge in [-0.25, -0.2) is 4.68 Å². The van der Waals surface area contributed by atoms with Crippen LogP contribution in [-0.4, -0.2) is 26.6 Å². The number of hydrogen-bond acceptors (Lipinski definition) is 5. The number of rotatable bonds is 6. The van der Waals surface area contributed by atoms with Crippen molar-refractivity contribution < 1.29 is 14.7 Å². The number of ketones is 1. The molecular formula is C27H20N4O3. The van der Waals surface area contributed by atoms with Gasteiger partial charge in [-0.2, -0.15) is 10.4 Å². The molecule has 7 nitrogen and oxygen atoms in total. The summed E-state index contributed by atoms with van der Waals surface area (Å²) in [5.74, 6) is -2.90. The lowest BCUT2D eigenvalue weighted by Gasteiger charge is -2.10. The van der Waals surface area contributed by atoms with Crippen molar-refractivity contribution in [3.05, 3.63) is 101 Å². The Morgan fingerprint density at radius 2 is 1.71 bits per heavy atom. The smallest absolute Gasteiger partial charge is 0.249 e. The van der Waals surface area contributed by atoms with Gasteiger partial charge in [-0.05, 0) is 35.4 Å². The summed E-state index contributed by atoms with van der Waals surface area (Å²) in [6.07, 6.45) is 0.383. The second-order valence-corrected chi connectivity index (χ2v) is 7.98. The van der Waals surface area contributed by atoms with Crippen LogP contribution in [0.3, 0.4) is 0 Å². The zero-order chi connectivity index (χ0) is 23.7. The van der Waals surface area contributed by atoms with Crippen molar-refractivity contribution in [2.24, 2.45) is 5.92 Å². The molecule has 166 valence electrons. The number of nitriles is 1. The molecule has 0 saturated heterocycles. The standard InChI is InChI=1S/C27H20N4O3/c28-15-23(27(34)29-18-9-3-1-4-10-18)26(33)24-22-14-21-17(16-32)8-7-13-20(21)25(22)31(30-24)19-11-5-2-6-12-19/h1-13,23,32H,14,16H2,(H,29,34). The Morgan fingerprint density at radius 3 is 2.38 bits per heavy atom. The molecule has 1 aromatic heterocycles. The molecule has 34 heavy (non-hydrogen) atoms. The second-order valence-electron chi connectivity index (χ2n) is 7.98. The van der Waals surface area contributed by atoms with Crippen LogP contribution in [0.15, 0.2) is 78.9 Å². The Hall–Kier alpha value is -4.54. The second kappa shape index (κ2) is 8.77. The van der Waals surface area contributed by atoms with Crippen LogP contribution >= 0.6 is 0 Å². The van der Waals surface area contributed by atoms with E-state index >= 15 is 0 Å². The van der Waals surface area contributed by atoms with Crippen molar-refractivity contribution in [3.8, 4) is 23.0 Å². The van der Waals surface area contributed by atoms with Gasteiger partial charge in [0.05, 0.1) is 24.1 Å². The van der Waals surface area contributed by atoms with E-state index < -0.39 is 17.6 Å². The van der Waals surface area contributed by atoms with Crippen LogP contribution in [0.25, 0.3) is 16.9 Å². The number of hydrogen-bond donors (Lipinski definition) is 2. The molecule has 7 heteroatoms. The molecule has 2 N–H and O–H groups in total. The van der Waals surface area contributed by atoms with Gasteiger partial charge < -0.3 is 10.4 Å². The average Bonchev–Trinajstić information content (AvgIpc) is 3.43. The number of aliphatic hydroxyl groups excluding tert-OH is 1. The highest BCUT2D eigenvalue weighted by Crippen LogP contribution is 2.41. The van der Waals surface area contributed by atoms with E-state index in [-0.39, 0.29) is 12.3 Å². The summed E-state index contributed by atoms with van der Waals surface area (Å²) in [4.78, 5) is 26.3. The third-order valence-electron chi connectivity index (χ3n) is 5.96. The van der Waals surface area contributed by atoms with Gasteiger partial charge in [-0.1, -0.05) is 54.6 Å². The highest BCUT2D eigenvalue weighted by Gasteiger charge is 2.37. The van der Waals surface area contributed by atoms with E-state index in [1.807, 2.05) is 54.6 Å². The number of nitrogens with one attached hydrogen (secondary N) is 1. The van der Waals surface area contributed by atoms with Crippen LogP contribution in [0.4, 0.5) is 5.69 Å². The minimum atomic E-state index is -1.55. The van der Waals surface area contributed by atoms with E-state index in [1.54, 1.807) is 35.0 Å². The van der Waals surface area contributed by atoms with Gasteiger partial charge in [0.25, 0.3) is 0 Å². The molecule has 1 atom stereocenters. The molecule has 0 radical (unpaired) electrons. The summed E-state index contributed by atoms with van der Waals surface area (Å²) in [6, 6.07) is 25.5. The van der Waals surface area contributed by atoms with E-state index in [2.05, 4.69) is 10.4 Å². The number of carbonyl (C=O) groups is 2. The molecule has 5 rings (SSSR count). The molecule has 1 amide bonds. The topological polar surface area (TPSA) is 108 Å². The highest BCUT2D eigenvalue weighted by molar-refractivity contribution is 6.16. The van der Waals surface area contributed by atoms with Crippen molar-refractivity contribution in [3.63, 3.8) is 0 Å². The number of benzene rings is 3. The molecule has 1 aliphatic carbocycles. The third kappa shape index (κ3) is 3.56. The van der Waals surface area contributed by atoms with Gasteiger partial charge in [0.15, 0.2) is 5.92 Å². The fourth-order valence-electron chi connectivity index (χ4n) is 4.35. The Bertz CT molecular complexity index is 1440. The summed E-state index contributed by atoms with van der Waals surface area (Å²) in [7, 11) is 0. The van der Waals surface area contributed by atoms with E-state index in [4.69, 9.17) is 0 Å². The zero-order valence-electron chi connectivity index (χ0n) is 18.1. The predicted molar refractivity (Wildman–Crippen MR) is 126 cm³/mol. The summed E-state index contributed by atoms with van der Waals surface area (Å²) in [6.45, 7) is -0.129. The highest BCUT2D eigenvalue weighted by atomic mass is 16.3. The van der Waals surface area contributed by atoms with Gasteiger partial charge in [0.2, 0.25) is 11.7 Å². The first-order valence-corrected chi connectivity index (χ1v) is 10.8. The first-order valence-electron chi connectivity index (χ1n) is 10.8. The van der Waals surface area contributed by atoms with Crippen molar-refractivity contribution in [1.82, 2.24) is 9.78 Å². The average molecular weight is 448 g/mol. The molecule has 3 aromatic carbocycles.